The summed E-state index contributed by atoms with van der Waals surface area (Å²) >= 11 is 6.05. The number of benzene rings is 1. The van der Waals surface area contributed by atoms with Crippen LogP contribution in [0.2, 0.25) is 0 Å². The monoisotopic (exact) mass is 665 g/mol. The van der Waals surface area contributed by atoms with E-state index in [1.54, 1.807) is 83.9 Å². The van der Waals surface area contributed by atoms with Gasteiger partial charge in [0.2, 0.25) is 17.7 Å². The highest BCUT2D eigenvalue weighted by molar-refractivity contribution is 7.83. The number of hydrogen-bond donors (Lipinski definition) is 1. The number of morpholine rings is 1. The number of hydrogen-bond acceptors (Lipinski definition) is 11. The molecule has 45 heavy (non-hydrogen) atoms. The molecule has 0 aliphatic carbocycles. The number of carbonyl (C=O) groups is 2. The van der Waals surface area contributed by atoms with Crippen molar-refractivity contribution < 1.29 is 32.9 Å². The minimum absolute atomic E-state index is 0.0136. The zero-order chi connectivity index (χ0) is 33.1. The minimum atomic E-state index is -3.47. The Morgan fingerprint density at radius 2 is 1.87 bits per heavy atom. The van der Waals surface area contributed by atoms with Gasteiger partial charge in [0.1, 0.15) is 18.6 Å². The van der Waals surface area contributed by atoms with E-state index in [1.807, 2.05) is 11.9 Å². The number of ether oxygens (including phenoxy) is 3. The number of esters is 1. The van der Waals surface area contributed by atoms with Crippen LogP contribution in [0, 0.1) is 11.3 Å². The number of carbonyl (C=O) groups excluding carboxylic acids is 2. The first kappa shape index (κ1) is 34.7. The maximum atomic E-state index is 12.5. The lowest BCUT2D eigenvalue weighted by molar-refractivity contribution is -0.143. The molecule has 3 heterocycles. The molecule has 0 saturated carbocycles. The van der Waals surface area contributed by atoms with Gasteiger partial charge in [-0.2, -0.15) is 9.97 Å². The van der Waals surface area contributed by atoms with Gasteiger partial charge in [0.25, 0.3) is 0 Å². The number of rotatable bonds is 11. The van der Waals surface area contributed by atoms with Crippen LogP contribution in [0.15, 0.2) is 30.6 Å². The summed E-state index contributed by atoms with van der Waals surface area (Å²) in [6.07, 6.45) is 0.588. The Morgan fingerprint density at radius 1 is 1.18 bits per heavy atom. The van der Waals surface area contributed by atoms with Crippen LogP contribution in [0.25, 0.3) is 11.2 Å². The first-order valence-electron chi connectivity index (χ1n) is 14.5. The summed E-state index contributed by atoms with van der Waals surface area (Å²) in [5.41, 5.74) is 0.925. The van der Waals surface area contributed by atoms with Gasteiger partial charge < -0.3 is 18.7 Å². The number of imidazole rings is 1. The Morgan fingerprint density at radius 3 is 2.49 bits per heavy atom. The van der Waals surface area contributed by atoms with Gasteiger partial charge >= 0.3 is 12.8 Å². The summed E-state index contributed by atoms with van der Waals surface area (Å²) in [6, 6.07) is 6.96. The summed E-state index contributed by atoms with van der Waals surface area (Å²) in [4.78, 5) is 40.4. The Kier molecular flexibility index (Phi) is 10.9. The van der Waals surface area contributed by atoms with E-state index in [9.17, 15) is 14.2 Å². The van der Waals surface area contributed by atoms with Crippen molar-refractivity contribution in [1.29, 1.82) is 0 Å². The van der Waals surface area contributed by atoms with Crippen molar-refractivity contribution in [3.05, 3.63) is 36.2 Å². The molecule has 14 nitrogen and oxygen atoms in total. The summed E-state index contributed by atoms with van der Waals surface area (Å²) in [5, 5.41) is 2.74. The molecule has 246 valence electrons. The predicted molar refractivity (Wildman–Crippen MR) is 169 cm³/mol. The van der Waals surface area contributed by atoms with Gasteiger partial charge in [-0.1, -0.05) is 26.0 Å². The normalized spacial score (nSPS) is 19.1. The molecule has 2 aromatic heterocycles. The van der Waals surface area contributed by atoms with E-state index >= 15 is 0 Å². The number of amides is 1. The number of fused-ring (bicyclic) bond motifs is 1. The molecule has 1 aliphatic heterocycles. The average Bonchev–Trinajstić information content (AvgIpc) is 3.39. The molecule has 1 aromatic carbocycles. The molecule has 1 saturated heterocycles. The van der Waals surface area contributed by atoms with Crippen LogP contribution in [-0.2, 0) is 30.0 Å². The second kappa shape index (κ2) is 14.1. The van der Waals surface area contributed by atoms with Gasteiger partial charge in [0, 0.05) is 19.0 Å². The number of aromatic nitrogens is 4. The third-order valence-electron chi connectivity index (χ3n) is 6.81. The lowest BCUT2D eigenvalue weighted by atomic mass is 9.97. The Balaban J connectivity index is 1.58. The van der Waals surface area contributed by atoms with Gasteiger partial charge in [-0.25, -0.2) is 9.65 Å². The Hall–Kier alpha value is -3.13. The number of likely N-dealkylation sites (N-methyl/N-ethyl adjacent to an activating group) is 1. The lowest BCUT2D eigenvalue weighted by Crippen LogP contribution is -2.45. The van der Waals surface area contributed by atoms with Crippen molar-refractivity contribution in [3.8, 4) is 11.6 Å². The number of nitrogens with zero attached hydrogens (tertiary/aromatic N) is 6. The molecule has 1 fully saturated rings. The summed E-state index contributed by atoms with van der Waals surface area (Å²) in [5.74, 6) is -0.248. The zero-order valence-electron chi connectivity index (χ0n) is 26.8. The summed E-state index contributed by atoms with van der Waals surface area (Å²) in [6.45, 7) is 6.59. The largest absolute Gasteiger partial charge is 0.471 e. The number of anilines is 1. The maximum Gasteiger partial charge on any atom is 0.362 e. The van der Waals surface area contributed by atoms with Crippen LogP contribution in [0.1, 0.15) is 46.4 Å². The minimum Gasteiger partial charge on any atom is -0.471 e. The van der Waals surface area contributed by atoms with Gasteiger partial charge in [-0.15, -0.1) is 0 Å². The molecule has 1 unspecified atom stereocenters. The molecule has 1 aliphatic rings. The SMILES string of the molecule is CC(C)C(=O)Nc1nc(OCc2ccc(OC(=O)C(C)(C)C)cc2)c2ncn(C3CN(C)C[C@@H](CO[P@](=O)(Cl)N(C)C)O3)c2n1. The molecule has 0 spiro atoms. The van der Waals surface area contributed by atoms with Crippen molar-refractivity contribution >= 4 is 47.1 Å². The van der Waals surface area contributed by atoms with Gasteiger partial charge in [0.05, 0.1) is 24.5 Å². The Labute approximate surface area is 267 Å². The van der Waals surface area contributed by atoms with Crippen molar-refractivity contribution in [2.75, 3.05) is 46.2 Å². The zero-order valence-corrected chi connectivity index (χ0v) is 28.5. The average molecular weight is 666 g/mol. The van der Waals surface area contributed by atoms with E-state index < -0.39 is 24.6 Å². The van der Waals surface area contributed by atoms with E-state index in [4.69, 9.17) is 30.0 Å². The molecule has 0 radical (unpaired) electrons. The third-order valence-corrected chi connectivity index (χ3v) is 9.43. The number of nitrogens with one attached hydrogen (secondary N) is 1. The van der Waals surface area contributed by atoms with Crippen LogP contribution >= 0.6 is 18.1 Å². The lowest BCUT2D eigenvalue weighted by Gasteiger charge is -2.36. The standard InChI is InChI=1S/C29H41ClN7O7P/c1-18(2)25(38)33-28-32-24-23(26(34-28)41-15-19-9-11-20(12-10-19)44-27(39)29(3,4)5)31-17-37(24)22-14-36(8)13-21(43-22)16-42-45(30,40)35(6)7/h9-12,17-18,21-22H,13-16H2,1-8H3,(H,32,33,34,38)/t21-,22?,45+/m0/s1. The van der Waals surface area contributed by atoms with Crippen LogP contribution < -0.4 is 14.8 Å². The van der Waals surface area contributed by atoms with Crippen molar-refractivity contribution in [2.24, 2.45) is 11.3 Å². The molecule has 1 N–H and O–H groups in total. The van der Waals surface area contributed by atoms with Crippen LogP contribution in [-0.4, -0.2) is 87.9 Å². The quantitative estimate of drug-likeness (QED) is 0.172. The molecule has 3 aromatic rings. The smallest absolute Gasteiger partial charge is 0.362 e. The van der Waals surface area contributed by atoms with Crippen molar-refractivity contribution in [3.63, 3.8) is 0 Å². The first-order chi connectivity index (χ1) is 21.0. The van der Waals surface area contributed by atoms with Crippen molar-refractivity contribution in [2.45, 2.75) is 53.6 Å². The fourth-order valence-electron chi connectivity index (χ4n) is 4.11. The molecule has 16 heteroatoms. The van der Waals surface area contributed by atoms with Crippen LogP contribution in [0.4, 0.5) is 5.95 Å². The van der Waals surface area contributed by atoms with Crippen molar-refractivity contribution in [1.82, 2.24) is 29.1 Å². The van der Waals surface area contributed by atoms with E-state index in [-0.39, 0.29) is 42.8 Å². The second-order valence-corrected chi connectivity index (χ2v) is 15.7. The molecule has 0 bridgehead atoms. The van der Waals surface area contributed by atoms with Crippen LogP contribution in [0.3, 0.4) is 0 Å². The van der Waals surface area contributed by atoms with Gasteiger partial charge in [0.15, 0.2) is 11.2 Å². The first-order valence-corrected chi connectivity index (χ1v) is 17.0. The van der Waals surface area contributed by atoms with Crippen LogP contribution in [0.5, 0.6) is 11.6 Å². The Bertz CT molecular complexity index is 1560. The molecule has 4 rings (SSSR count). The fraction of sp³-hybridized carbons (Fsp3) is 0.552. The summed E-state index contributed by atoms with van der Waals surface area (Å²) < 4.78 is 38.9. The van der Waals surface area contributed by atoms with E-state index in [1.165, 1.54) is 4.67 Å². The third kappa shape index (κ3) is 8.99. The molecular weight excluding hydrogens is 625 g/mol. The predicted octanol–water partition coefficient (Wildman–Crippen LogP) is 4.71. The van der Waals surface area contributed by atoms with E-state index in [0.29, 0.717) is 30.0 Å². The topological polar surface area (TPSA) is 150 Å². The highest BCUT2D eigenvalue weighted by Crippen LogP contribution is 2.54. The summed E-state index contributed by atoms with van der Waals surface area (Å²) in [7, 11) is 5.09. The second-order valence-electron chi connectivity index (χ2n) is 12.4. The highest BCUT2D eigenvalue weighted by Gasteiger charge is 2.32. The molecular formula is C29H41ClN7O7P. The van der Waals surface area contributed by atoms with E-state index in [0.717, 1.165) is 5.56 Å². The molecule has 3 atom stereocenters. The van der Waals surface area contributed by atoms with E-state index in [2.05, 4.69) is 20.3 Å². The molecule has 1 amide bonds. The van der Waals surface area contributed by atoms with Gasteiger partial charge in [-0.3, -0.25) is 28.9 Å². The number of halogens is 1. The fourth-order valence-corrected chi connectivity index (χ4v) is 4.86. The van der Waals surface area contributed by atoms with Gasteiger partial charge in [-0.05, 0) is 70.9 Å². The highest BCUT2D eigenvalue weighted by atomic mass is 35.7. The maximum absolute atomic E-state index is 12.5.